The van der Waals surface area contributed by atoms with Gasteiger partial charge in [0.25, 0.3) is 5.88 Å². The Labute approximate surface area is 154 Å². The van der Waals surface area contributed by atoms with Gasteiger partial charge in [0, 0.05) is 18.9 Å². The molecule has 140 valence electrons. The second-order valence-electron chi connectivity index (χ2n) is 6.97. The molecule has 0 saturated heterocycles. The molecule has 2 aromatic rings. The Hall–Kier alpha value is -2.50. The van der Waals surface area contributed by atoms with Crippen LogP contribution in [0, 0.1) is 0 Å². The van der Waals surface area contributed by atoms with E-state index in [4.69, 9.17) is 14.2 Å². The standard InChI is InChI=1S/C10H14N2O.C10H13NO2/c1-7(2)8-5-9-10(12-6-8)13-4-3-11-9;1-7(2)8-5-9-10(11-6-8)13-4-3-12-9/h5-7,11H,3-4H2,1-2H3;5-7H,3-4H2,1-2H3. The number of pyridine rings is 2. The molecule has 4 heterocycles. The Kier molecular flexibility index (Phi) is 5.81. The van der Waals surface area contributed by atoms with Gasteiger partial charge in [-0.25, -0.2) is 9.97 Å². The average Bonchev–Trinajstić information content (AvgIpc) is 2.67. The minimum Gasteiger partial charge on any atom is -0.484 e. The van der Waals surface area contributed by atoms with Crippen LogP contribution in [0.2, 0.25) is 0 Å². The van der Waals surface area contributed by atoms with E-state index in [1.807, 2.05) is 18.5 Å². The first-order valence-corrected chi connectivity index (χ1v) is 9.16. The summed E-state index contributed by atoms with van der Waals surface area (Å²) < 4.78 is 16.1. The molecule has 26 heavy (non-hydrogen) atoms. The Morgan fingerprint density at radius 1 is 0.808 bits per heavy atom. The van der Waals surface area contributed by atoms with Gasteiger partial charge in [0.2, 0.25) is 5.88 Å². The van der Waals surface area contributed by atoms with Crippen LogP contribution in [0.15, 0.2) is 24.5 Å². The molecule has 0 amide bonds. The number of hydrogen-bond acceptors (Lipinski definition) is 6. The first-order valence-electron chi connectivity index (χ1n) is 9.16. The molecule has 0 saturated carbocycles. The molecule has 0 radical (unpaired) electrons. The average molecular weight is 357 g/mol. The molecule has 0 bridgehead atoms. The number of hydrogen-bond donors (Lipinski definition) is 1. The SMILES string of the molecule is CC(C)c1cnc2c(c1)NCCO2.CC(C)c1cnc2c(c1)OCCO2. The third kappa shape index (κ3) is 4.36. The highest BCUT2D eigenvalue weighted by molar-refractivity contribution is 5.55. The van der Waals surface area contributed by atoms with Crippen LogP contribution in [-0.4, -0.2) is 36.3 Å². The molecule has 4 rings (SSSR count). The maximum atomic E-state index is 5.43. The summed E-state index contributed by atoms with van der Waals surface area (Å²) in [5.74, 6) is 3.12. The summed E-state index contributed by atoms with van der Waals surface area (Å²) >= 11 is 0. The number of nitrogens with one attached hydrogen (secondary N) is 1. The number of anilines is 1. The first kappa shape index (κ1) is 18.3. The van der Waals surface area contributed by atoms with E-state index in [-0.39, 0.29) is 0 Å². The molecule has 0 spiro atoms. The van der Waals surface area contributed by atoms with Crippen molar-refractivity contribution in [3.05, 3.63) is 35.7 Å². The number of aromatic nitrogens is 2. The molecular formula is C20H27N3O3. The molecule has 6 heteroatoms. The van der Waals surface area contributed by atoms with Crippen molar-refractivity contribution >= 4 is 5.69 Å². The predicted octanol–water partition coefficient (Wildman–Crippen LogP) is 3.99. The summed E-state index contributed by atoms with van der Waals surface area (Å²) in [7, 11) is 0. The van der Waals surface area contributed by atoms with E-state index in [0.29, 0.717) is 37.5 Å². The zero-order valence-corrected chi connectivity index (χ0v) is 15.9. The summed E-state index contributed by atoms with van der Waals surface area (Å²) in [6, 6.07) is 4.12. The fraction of sp³-hybridized carbons (Fsp3) is 0.500. The molecule has 2 aromatic heterocycles. The van der Waals surface area contributed by atoms with Crippen LogP contribution in [0.25, 0.3) is 0 Å². The number of ether oxygens (including phenoxy) is 3. The molecule has 0 fully saturated rings. The van der Waals surface area contributed by atoms with E-state index in [2.05, 4.69) is 49.0 Å². The van der Waals surface area contributed by atoms with Crippen LogP contribution < -0.4 is 19.5 Å². The minimum absolute atomic E-state index is 0.475. The zero-order chi connectivity index (χ0) is 18.5. The van der Waals surface area contributed by atoms with Gasteiger partial charge >= 0.3 is 0 Å². The van der Waals surface area contributed by atoms with Crippen LogP contribution in [0.4, 0.5) is 5.69 Å². The first-order chi connectivity index (χ1) is 12.5. The quantitative estimate of drug-likeness (QED) is 0.877. The van der Waals surface area contributed by atoms with Gasteiger partial charge < -0.3 is 19.5 Å². The van der Waals surface area contributed by atoms with Crippen LogP contribution >= 0.6 is 0 Å². The molecule has 0 atom stereocenters. The van der Waals surface area contributed by atoms with Crippen LogP contribution in [0.5, 0.6) is 17.5 Å². The van der Waals surface area contributed by atoms with E-state index in [1.54, 1.807) is 0 Å². The van der Waals surface area contributed by atoms with Gasteiger partial charge in [0.05, 0.1) is 5.69 Å². The van der Waals surface area contributed by atoms with Crippen molar-refractivity contribution in [3.8, 4) is 17.5 Å². The van der Waals surface area contributed by atoms with Gasteiger partial charge in [-0.1, -0.05) is 27.7 Å². The second-order valence-corrected chi connectivity index (χ2v) is 6.97. The number of nitrogens with zero attached hydrogens (tertiary/aromatic N) is 2. The van der Waals surface area contributed by atoms with E-state index in [1.165, 1.54) is 11.1 Å². The van der Waals surface area contributed by atoms with Crippen LogP contribution in [0.3, 0.4) is 0 Å². The molecule has 2 aliphatic rings. The van der Waals surface area contributed by atoms with Gasteiger partial charge in [-0.05, 0) is 35.1 Å². The van der Waals surface area contributed by atoms with E-state index in [0.717, 1.165) is 23.9 Å². The Morgan fingerprint density at radius 2 is 1.42 bits per heavy atom. The summed E-state index contributed by atoms with van der Waals surface area (Å²) in [5.41, 5.74) is 3.46. The smallest absolute Gasteiger partial charge is 0.257 e. The lowest BCUT2D eigenvalue weighted by Crippen LogP contribution is -2.19. The van der Waals surface area contributed by atoms with Crippen molar-refractivity contribution in [1.82, 2.24) is 9.97 Å². The highest BCUT2D eigenvalue weighted by atomic mass is 16.6. The number of fused-ring (bicyclic) bond motifs is 2. The second kappa shape index (κ2) is 8.25. The normalized spacial score (nSPS) is 14.7. The van der Waals surface area contributed by atoms with Crippen molar-refractivity contribution in [2.75, 3.05) is 31.7 Å². The van der Waals surface area contributed by atoms with Gasteiger partial charge in [-0.2, -0.15) is 0 Å². The lowest BCUT2D eigenvalue weighted by molar-refractivity contribution is 0.164. The van der Waals surface area contributed by atoms with Gasteiger partial charge in [0.1, 0.15) is 19.8 Å². The maximum Gasteiger partial charge on any atom is 0.257 e. The van der Waals surface area contributed by atoms with Crippen molar-refractivity contribution in [2.24, 2.45) is 0 Å². The lowest BCUT2D eigenvalue weighted by Gasteiger charge is -2.19. The summed E-state index contributed by atoms with van der Waals surface area (Å²) in [6.45, 7) is 11.4. The van der Waals surface area contributed by atoms with Crippen molar-refractivity contribution in [2.45, 2.75) is 39.5 Å². The van der Waals surface area contributed by atoms with E-state index in [9.17, 15) is 0 Å². The fourth-order valence-corrected chi connectivity index (χ4v) is 2.62. The lowest BCUT2D eigenvalue weighted by atomic mass is 10.1. The molecular weight excluding hydrogens is 330 g/mol. The van der Waals surface area contributed by atoms with E-state index >= 15 is 0 Å². The van der Waals surface area contributed by atoms with Crippen LogP contribution in [0.1, 0.15) is 50.7 Å². The van der Waals surface area contributed by atoms with Gasteiger partial charge in [0.15, 0.2) is 5.75 Å². The van der Waals surface area contributed by atoms with Gasteiger partial charge in [-0.3, -0.25) is 0 Å². The minimum atomic E-state index is 0.475. The molecule has 0 aliphatic carbocycles. The number of rotatable bonds is 2. The largest absolute Gasteiger partial charge is 0.484 e. The summed E-state index contributed by atoms with van der Waals surface area (Å²) in [5, 5.41) is 3.27. The third-order valence-corrected chi connectivity index (χ3v) is 4.28. The highest BCUT2D eigenvalue weighted by Crippen LogP contribution is 2.30. The van der Waals surface area contributed by atoms with Crippen LogP contribution in [-0.2, 0) is 0 Å². The maximum absolute atomic E-state index is 5.43. The highest BCUT2D eigenvalue weighted by Gasteiger charge is 2.14. The monoisotopic (exact) mass is 357 g/mol. The Balaban J connectivity index is 0.000000151. The predicted molar refractivity (Wildman–Crippen MR) is 102 cm³/mol. The van der Waals surface area contributed by atoms with Crippen molar-refractivity contribution in [1.29, 1.82) is 0 Å². The summed E-state index contributed by atoms with van der Waals surface area (Å²) in [6.07, 6.45) is 3.73. The third-order valence-electron chi connectivity index (χ3n) is 4.28. The molecule has 1 N–H and O–H groups in total. The molecule has 6 nitrogen and oxygen atoms in total. The molecule has 2 aliphatic heterocycles. The van der Waals surface area contributed by atoms with Crippen molar-refractivity contribution in [3.63, 3.8) is 0 Å². The molecule has 0 aromatic carbocycles. The topological polar surface area (TPSA) is 65.5 Å². The summed E-state index contributed by atoms with van der Waals surface area (Å²) in [4.78, 5) is 8.45. The Morgan fingerprint density at radius 3 is 2.15 bits per heavy atom. The Bertz CT molecular complexity index is 684. The fourth-order valence-electron chi connectivity index (χ4n) is 2.62. The van der Waals surface area contributed by atoms with Gasteiger partial charge in [-0.15, -0.1) is 0 Å². The van der Waals surface area contributed by atoms with Crippen molar-refractivity contribution < 1.29 is 14.2 Å². The zero-order valence-electron chi connectivity index (χ0n) is 15.9. The molecule has 0 unspecified atom stereocenters. The van der Waals surface area contributed by atoms with E-state index < -0.39 is 0 Å².